The Hall–Kier alpha value is -2.31. The van der Waals surface area contributed by atoms with E-state index in [1.54, 1.807) is 13.8 Å². The second-order valence-electron chi connectivity index (χ2n) is 4.91. The number of esters is 1. The zero-order valence-electron chi connectivity index (χ0n) is 13.3. The predicted octanol–water partition coefficient (Wildman–Crippen LogP) is 3.35. The number of carbonyl (C=O) groups excluding carboxylic acids is 1. The number of carbonyl (C=O) groups is 1. The van der Waals surface area contributed by atoms with E-state index < -0.39 is 10.9 Å². The van der Waals surface area contributed by atoms with Gasteiger partial charge in [0, 0.05) is 6.07 Å². The fraction of sp³-hybridized carbons (Fsp3) is 0.533. The number of benzene rings is 1. The van der Waals surface area contributed by atoms with Gasteiger partial charge in [-0.25, -0.2) is 4.79 Å². The highest BCUT2D eigenvalue weighted by atomic mass is 16.6. The van der Waals surface area contributed by atoms with Crippen molar-refractivity contribution >= 4 is 11.7 Å². The van der Waals surface area contributed by atoms with Gasteiger partial charge in [-0.05, 0) is 26.3 Å². The smallest absolute Gasteiger partial charge is 0.341 e. The van der Waals surface area contributed by atoms with Crippen molar-refractivity contribution in [2.75, 3.05) is 13.7 Å². The minimum Gasteiger partial charge on any atom is -0.489 e. The number of rotatable bonds is 8. The zero-order valence-corrected chi connectivity index (χ0v) is 13.3. The van der Waals surface area contributed by atoms with E-state index in [1.807, 2.05) is 6.92 Å². The Morgan fingerprint density at radius 2 is 2.00 bits per heavy atom. The molecule has 0 aliphatic rings. The molecule has 1 aromatic rings. The Bertz CT molecular complexity index is 541. The van der Waals surface area contributed by atoms with E-state index >= 15 is 0 Å². The van der Waals surface area contributed by atoms with Gasteiger partial charge in [0.05, 0.1) is 24.7 Å². The first-order chi connectivity index (χ1) is 10.4. The predicted molar refractivity (Wildman–Crippen MR) is 80.6 cm³/mol. The molecule has 0 heterocycles. The molecule has 0 spiro atoms. The van der Waals surface area contributed by atoms with Gasteiger partial charge in [-0.15, -0.1) is 0 Å². The summed E-state index contributed by atoms with van der Waals surface area (Å²) in [5.74, 6) is -0.614. The van der Waals surface area contributed by atoms with E-state index in [4.69, 9.17) is 14.2 Å². The van der Waals surface area contributed by atoms with Gasteiger partial charge in [-0.3, -0.25) is 10.1 Å². The lowest BCUT2D eigenvalue weighted by Crippen LogP contribution is -2.13. The topological polar surface area (TPSA) is 87.9 Å². The summed E-state index contributed by atoms with van der Waals surface area (Å²) in [6.45, 7) is 5.80. The minimum absolute atomic E-state index is 0.0426. The Balaban J connectivity index is 3.40. The van der Waals surface area contributed by atoms with Crippen LogP contribution in [-0.4, -0.2) is 30.7 Å². The molecule has 122 valence electrons. The quantitative estimate of drug-likeness (QED) is 0.316. The van der Waals surface area contributed by atoms with Crippen LogP contribution in [-0.2, 0) is 4.74 Å². The highest BCUT2D eigenvalue weighted by Crippen LogP contribution is 2.41. The van der Waals surface area contributed by atoms with E-state index in [0.717, 1.165) is 12.8 Å². The number of unbranched alkanes of at least 4 members (excludes halogenated alkanes) is 1. The van der Waals surface area contributed by atoms with Gasteiger partial charge >= 0.3 is 11.7 Å². The highest BCUT2D eigenvalue weighted by molar-refractivity contribution is 5.94. The number of nitrogens with zero attached hydrogens (tertiary/aromatic N) is 1. The molecule has 0 aromatic heterocycles. The van der Waals surface area contributed by atoms with Crippen molar-refractivity contribution in [1.82, 2.24) is 0 Å². The van der Waals surface area contributed by atoms with Gasteiger partial charge in [0.1, 0.15) is 5.56 Å². The summed E-state index contributed by atoms with van der Waals surface area (Å²) in [6, 6.07) is 2.54. The molecule has 0 saturated carbocycles. The Labute approximate surface area is 129 Å². The van der Waals surface area contributed by atoms with E-state index in [0.29, 0.717) is 6.61 Å². The van der Waals surface area contributed by atoms with Crippen molar-refractivity contribution in [1.29, 1.82) is 0 Å². The third-order valence-corrected chi connectivity index (χ3v) is 2.79. The lowest BCUT2D eigenvalue weighted by molar-refractivity contribution is -0.386. The molecule has 0 bridgehead atoms. The number of methoxy groups -OCH3 is 1. The molecule has 0 atom stereocenters. The average Bonchev–Trinajstić information content (AvgIpc) is 2.46. The number of ether oxygens (including phenoxy) is 3. The molecule has 7 nitrogen and oxygen atoms in total. The fourth-order valence-electron chi connectivity index (χ4n) is 1.78. The summed E-state index contributed by atoms with van der Waals surface area (Å²) in [6.07, 6.45) is 1.34. The van der Waals surface area contributed by atoms with Crippen LogP contribution in [0.2, 0.25) is 0 Å². The van der Waals surface area contributed by atoms with E-state index in [-0.39, 0.29) is 28.9 Å². The molecular weight excluding hydrogens is 290 g/mol. The highest BCUT2D eigenvalue weighted by Gasteiger charge is 2.28. The molecule has 0 saturated heterocycles. The van der Waals surface area contributed by atoms with E-state index in [1.165, 1.54) is 19.2 Å². The molecule has 0 amide bonds. The molecular formula is C15H21NO6. The van der Waals surface area contributed by atoms with Crippen molar-refractivity contribution < 1.29 is 23.9 Å². The van der Waals surface area contributed by atoms with Crippen LogP contribution in [0, 0.1) is 10.1 Å². The van der Waals surface area contributed by atoms with Crippen LogP contribution in [0.1, 0.15) is 44.0 Å². The molecule has 0 aliphatic carbocycles. The molecule has 22 heavy (non-hydrogen) atoms. The average molecular weight is 311 g/mol. The lowest BCUT2D eigenvalue weighted by atomic mass is 10.1. The number of hydrogen-bond acceptors (Lipinski definition) is 6. The maximum absolute atomic E-state index is 11.9. The van der Waals surface area contributed by atoms with Crippen molar-refractivity contribution in [2.45, 2.75) is 39.7 Å². The van der Waals surface area contributed by atoms with Crippen molar-refractivity contribution in [3.05, 3.63) is 27.8 Å². The van der Waals surface area contributed by atoms with Crippen LogP contribution in [0.3, 0.4) is 0 Å². The summed E-state index contributed by atoms with van der Waals surface area (Å²) >= 11 is 0. The number of nitro benzene ring substituents is 1. The van der Waals surface area contributed by atoms with Gasteiger partial charge in [-0.1, -0.05) is 13.3 Å². The van der Waals surface area contributed by atoms with Crippen LogP contribution in [0.25, 0.3) is 0 Å². The Morgan fingerprint density at radius 1 is 1.32 bits per heavy atom. The maximum atomic E-state index is 11.9. The second kappa shape index (κ2) is 8.21. The number of nitro groups is 1. The monoisotopic (exact) mass is 311 g/mol. The minimum atomic E-state index is -0.630. The standard InChI is InChI=1S/C15H21NO6/c1-5-6-9-21-13-11(15(17)20-4)7-8-12(16(18)19)14(13)22-10(2)3/h7-8,10H,5-6,9H2,1-4H3. The fourth-order valence-corrected chi connectivity index (χ4v) is 1.78. The van der Waals surface area contributed by atoms with Gasteiger partial charge in [0.2, 0.25) is 5.75 Å². The summed E-state index contributed by atoms with van der Waals surface area (Å²) < 4.78 is 15.8. The molecule has 0 fully saturated rings. The van der Waals surface area contributed by atoms with Crippen molar-refractivity contribution in [2.24, 2.45) is 0 Å². The molecule has 0 N–H and O–H groups in total. The molecule has 1 aromatic carbocycles. The van der Waals surface area contributed by atoms with Gasteiger partial charge in [0.15, 0.2) is 5.75 Å². The Kier molecular flexibility index (Phi) is 6.62. The first-order valence-corrected chi connectivity index (χ1v) is 7.11. The Morgan fingerprint density at radius 3 is 2.50 bits per heavy atom. The van der Waals surface area contributed by atoms with Gasteiger partial charge in [0.25, 0.3) is 0 Å². The molecule has 0 radical (unpaired) electrons. The first kappa shape index (κ1) is 17.7. The van der Waals surface area contributed by atoms with Crippen molar-refractivity contribution in [3.8, 4) is 11.5 Å². The van der Waals surface area contributed by atoms with Gasteiger partial charge in [-0.2, -0.15) is 0 Å². The lowest BCUT2D eigenvalue weighted by Gasteiger charge is -2.17. The third-order valence-electron chi connectivity index (χ3n) is 2.79. The molecule has 1 rings (SSSR count). The SMILES string of the molecule is CCCCOc1c(C(=O)OC)ccc([N+](=O)[O-])c1OC(C)C. The molecule has 0 unspecified atom stereocenters. The van der Waals surface area contributed by atoms with Crippen LogP contribution in [0.15, 0.2) is 12.1 Å². The summed E-state index contributed by atoms with van der Waals surface area (Å²) in [5, 5.41) is 11.2. The largest absolute Gasteiger partial charge is 0.489 e. The summed E-state index contributed by atoms with van der Waals surface area (Å²) in [4.78, 5) is 22.5. The summed E-state index contributed by atoms with van der Waals surface area (Å²) in [7, 11) is 1.24. The van der Waals surface area contributed by atoms with Crippen LogP contribution in [0.5, 0.6) is 11.5 Å². The zero-order chi connectivity index (χ0) is 16.7. The normalized spacial score (nSPS) is 10.4. The van der Waals surface area contributed by atoms with Crippen LogP contribution >= 0.6 is 0 Å². The van der Waals surface area contributed by atoms with Crippen molar-refractivity contribution in [3.63, 3.8) is 0 Å². The number of hydrogen-bond donors (Lipinski definition) is 0. The summed E-state index contributed by atoms with van der Waals surface area (Å²) in [5.41, 5.74) is -0.132. The molecule has 7 heteroatoms. The van der Waals surface area contributed by atoms with Gasteiger partial charge < -0.3 is 14.2 Å². The first-order valence-electron chi connectivity index (χ1n) is 7.11. The molecule has 0 aliphatic heterocycles. The van der Waals surface area contributed by atoms with E-state index in [2.05, 4.69) is 0 Å². The maximum Gasteiger partial charge on any atom is 0.341 e. The second-order valence-corrected chi connectivity index (χ2v) is 4.91. The van der Waals surface area contributed by atoms with E-state index in [9.17, 15) is 14.9 Å². The van der Waals surface area contributed by atoms with Crippen LogP contribution < -0.4 is 9.47 Å². The van der Waals surface area contributed by atoms with Crippen LogP contribution in [0.4, 0.5) is 5.69 Å². The third kappa shape index (κ3) is 4.34.